The third-order valence-electron chi connectivity index (χ3n) is 4.14. The first kappa shape index (κ1) is 12.8. The number of aliphatic imine (C=N–C) groups is 2. The van der Waals surface area contributed by atoms with Crippen molar-refractivity contribution in [3.8, 4) is 0 Å². The van der Waals surface area contributed by atoms with Gasteiger partial charge in [0.2, 0.25) is 0 Å². The molecule has 0 aliphatic carbocycles. The summed E-state index contributed by atoms with van der Waals surface area (Å²) in [5.74, 6) is 0.704. The SMILES string of the molecule is NC1=NC(C(=O)C2N=C(N)c3ccccc32)c2ccccc21. The largest absolute Gasteiger partial charge is 0.383 e. The first-order valence-electron chi connectivity index (χ1n) is 7.05. The number of hydrogen-bond acceptors (Lipinski definition) is 5. The molecule has 22 heavy (non-hydrogen) atoms. The molecular weight excluding hydrogens is 276 g/mol. The summed E-state index contributed by atoms with van der Waals surface area (Å²) >= 11 is 0. The third kappa shape index (κ3) is 1.69. The fraction of sp³-hybridized carbons (Fsp3) is 0.118. The normalized spacial score (nSPS) is 21.8. The first-order chi connectivity index (χ1) is 10.7. The highest BCUT2D eigenvalue weighted by molar-refractivity contribution is 6.10. The van der Waals surface area contributed by atoms with Crippen LogP contribution in [0.3, 0.4) is 0 Å². The molecule has 5 nitrogen and oxygen atoms in total. The van der Waals surface area contributed by atoms with Crippen molar-refractivity contribution in [1.82, 2.24) is 0 Å². The Kier molecular flexibility index (Phi) is 2.63. The van der Waals surface area contributed by atoms with E-state index >= 15 is 0 Å². The molecule has 0 bridgehead atoms. The molecule has 2 aromatic rings. The van der Waals surface area contributed by atoms with Crippen molar-refractivity contribution in [2.75, 3.05) is 0 Å². The van der Waals surface area contributed by atoms with Gasteiger partial charge in [-0.1, -0.05) is 48.5 Å². The van der Waals surface area contributed by atoms with E-state index in [1.54, 1.807) is 0 Å². The molecule has 108 valence electrons. The summed E-state index contributed by atoms with van der Waals surface area (Å²) in [5, 5.41) is 0. The number of rotatable bonds is 2. The van der Waals surface area contributed by atoms with Crippen LogP contribution in [0.1, 0.15) is 34.3 Å². The molecule has 0 saturated carbocycles. The maximum atomic E-state index is 12.9. The number of carbonyl (C=O) groups is 1. The monoisotopic (exact) mass is 290 g/mol. The molecule has 2 heterocycles. The molecule has 0 fully saturated rings. The molecule has 2 aromatic carbocycles. The van der Waals surface area contributed by atoms with E-state index in [-0.39, 0.29) is 5.78 Å². The van der Waals surface area contributed by atoms with Crippen LogP contribution in [-0.2, 0) is 4.79 Å². The fourth-order valence-corrected chi connectivity index (χ4v) is 3.08. The van der Waals surface area contributed by atoms with E-state index < -0.39 is 12.1 Å². The summed E-state index contributed by atoms with van der Waals surface area (Å²) in [4.78, 5) is 21.6. The molecule has 0 saturated heterocycles. The second-order valence-electron chi connectivity index (χ2n) is 5.41. The molecule has 4 rings (SSSR count). The van der Waals surface area contributed by atoms with Crippen LogP contribution in [0.15, 0.2) is 58.5 Å². The fourth-order valence-electron chi connectivity index (χ4n) is 3.08. The second kappa shape index (κ2) is 4.53. The van der Waals surface area contributed by atoms with E-state index in [0.29, 0.717) is 11.7 Å². The van der Waals surface area contributed by atoms with Crippen LogP contribution in [0.5, 0.6) is 0 Å². The van der Waals surface area contributed by atoms with Crippen LogP contribution < -0.4 is 11.5 Å². The van der Waals surface area contributed by atoms with Gasteiger partial charge in [-0.15, -0.1) is 0 Å². The van der Waals surface area contributed by atoms with Gasteiger partial charge in [0.25, 0.3) is 0 Å². The standard InChI is InChI=1S/C17H14N4O/c18-16-11-7-3-1-5-9(11)13(20-16)15(22)14-10-6-2-4-8-12(10)17(19)21-14/h1-8,13-14H,(H2,18,20)(H2,19,21). The molecule has 2 atom stereocenters. The van der Waals surface area contributed by atoms with Gasteiger partial charge in [0, 0.05) is 11.1 Å². The number of hydrogen-bond donors (Lipinski definition) is 2. The predicted octanol–water partition coefficient (Wildman–Crippen LogP) is 1.48. The van der Waals surface area contributed by atoms with E-state index in [1.807, 2.05) is 48.5 Å². The molecular formula is C17H14N4O. The van der Waals surface area contributed by atoms with Crippen molar-refractivity contribution < 1.29 is 4.79 Å². The van der Waals surface area contributed by atoms with Crippen molar-refractivity contribution in [2.45, 2.75) is 12.1 Å². The first-order valence-corrected chi connectivity index (χ1v) is 7.05. The van der Waals surface area contributed by atoms with Crippen LogP contribution in [0.25, 0.3) is 0 Å². The van der Waals surface area contributed by atoms with Crippen LogP contribution >= 0.6 is 0 Å². The van der Waals surface area contributed by atoms with Crippen LogP contribution in [0.4, 0.5) is 0 Å². The molecule has 5 heteroatoms. The van der Waals surface area contributed by atoms with Crippen LogP contribution in [-0.4, -0.2) is 17.5 Å². The second-order valence-corrected chi connectivity index (χ2v) is 5.41. The molecule has 0 amide bonds. The van der Waals surface area contributed by atoms with Gasteiger partial charge in [-0.05, 0) is 11.1 Å². The summed E-state index contributed by atoms with van der Waals surface area (Å²) in [6.45, 7) is 0. The number of fused-ring (bicyclic) bond motifs is 2. The average Bonchev–Trinajstić information content (AvgIpc) is 3.06. The highest BCUT2D eigenvalue weighted by Crippen LogP contribution is 2.37. The molecule has 0 radical (unpaired) electrons. The zero-order chi connectivity index (χ0) is 15.3. The lowest BCUT2D eigenvalue weighted by Gasteiger charge is -2.13. The summed E-state index contributed by atoms with van der Waals surface area (Å²) in [7, 11) is 0. The molecule has 0 spiro atoms. The summed E-state index contributed by atoms with van der Waals surface area (Å²) in [6, 6.07) is 13.8. The molecule has 2 unspecified atom stereocenters. The van der Waals surface area contributed by atoms with Gasteiger partial charge in [-0.2, -0.15) is 0 Å². The lowest BCUT2D eigenvalue weighted by molar-refractivity contribution is -0.121. The average molecular weight is 290 g/mol. The van der Waals surface area contributed by atoms with Crippen molar-refractivity contribution >= 4 is 17.5 Å². The maximum absolute atomic E-state index is 12.9. The van der Waals surface area contributed by atoms with Gasteiger partial charge >= 0.3 is 0 Å². The third-order valence-corrected chi connectivity index (χ3v) is 4.14. The summed E-state index contributed by atoms with van der Waals surface area (Å²) < 4.78 is 0. The minimum Gasteiger partial charge on any atom is -0.383 e. The van der Waals surface area contributed by atoms with Crippen LogP contribution in [0, 0.1) is 0 Å². The minimum absolute atomic E-state index is 0.0965. The van der Waals surface area contributed by atoms with Gasteiger partial charge < -0.3 is 11.5 Å². The Morgan fingerprint density at radius 1 is 0.773 bits per heavy atom. The van der Waals surface area contributed by atoms with E-state index in [1.165, 1.54) is 0 Å². The Labute approximate surface area is 127 Å². The number of amidine groups is 2. The van der Waals surface area contributed by atoms with Gasteiger partial charge in [-0.3, -0.25) is 14.8 Å². The number of benzene rings is 2. The van der Waals surface area contributed by atoms with E-state index in [2.05, 4.69) is 9.98 Å². The van der Waals surface area contributed by atoms with Gasteiger partial charge in [-0.25, -0.2) is 0 Å². The number of ketones is 1. The van der Waals surface area contributed by atoms with E-state index in [4.69, 9.17) is 11.5 Å². The predicted molar refractivity (Wildman–Crippen MR) is 84.8 cm³/mol. The number of nitrogens with two attached hydrogens (primary N) is 2. The molecule has 2 aliphatic heterocycles. The zero-order valence-corrected chi connectivity index (χ0v) is 11.7. The Bertz CT molecular complexity index is 784. The zero-order valence-electron chi connectivity index (χ0n) is 11.7. The van der Waals surface area contributed by atoms with Gasteiger partial charge in [0.1, 0.15) is 23.8 Å². The van der Waals surface area contributed by atoms with E-state index in [9.17, 15) is 4.79 Å². The van der Waals surface area contributed by atoms with Crippen molar-refractivity contribution in [3.05, 3.63) is 70.8 Å². The lowest BCUT2D eigenvalue weighted by atomic mass is 9.93. The minimum atomic E-state index is -0.607. The number of carbonyl (C=O) groups excluding carboxylic acids is 1. The summed E-state index contributed by atoms with van der Waals surface area (Å²) in [6.07, 6.45) is 0. The molecule has 2 aliphatic rings. The lowest BCUT2D eigenvalue weighted by Crippen LogP contribution is -2.16. The topological polar surface area (TPSA) is 93.8 Å². The number of Topliss-reactive ketones (excluding diaryl/α,β-unsaturated/α-hetero) is 1. The Balaban J connectivity index is 1.76. The Hall–Kier alpha value is -2.95. The van der Waals surface area contributed by atoms with Crippen molar-refractivity contribution in [1.29, 1.82) is 0 Å². The van der Waals surface area contributed by atoms with Crippen molar-refractivity contribution in [2.24, 2.45) is 21.5 Å². The Morgan fingerprint density at radius 2 is 1.18 bits per heavy atom. The maximum Gasteiger partial charge on any atom is 0.190 e. The van der Waals surface area contributed by atoms with E-state index in [0.717, 1.165) is 22.3 Å². The van der Waals surface area contributed by atoms with Crippen molar-refractivity contribution in [3.63, 3.8) is 0 Å². The smallest absolute Gasteiger partial charge is 0.190 e. The highest BCUT2D eigenvalue weighted by atomic mass is 16.1. The molecule has 4 N–H and O–H groups in total. The summed E-state index contributed by atoms with van der Waals surface area (Å²) in [5.41, 5.74) is 15.2. The van der Waals surface area contributed by atoms with Gasteiger partial charge in [0.05, 0.1) is 0 Å². The Morgan fingerprint density at radius 3 is 1.64 bits per heavy atom. The van der Waals surface area contributed by atoms with Gasteiger partial charge in [0.15, 0.2) is 5.78 Å². The van der Waals surface area contributed by atoms with Crippen LogP contribution in [0.2, 0.25) is 0 Å². The highest BCUT2D eigenvalue weighted by Gasteiger charge is 2.37. The number of nitrogens with zero attached hydrogens (tertiary/aromatic N) is 2. The quantitative estimate of drug-likeness (QED) is 0.877. The molecule has 0 aromatic heterocycles.